The monoisotopic (exact) mass is 291 g/mol. The highest BCUT2D eigenvalue weighted by atomic mass is 35.5. The van der Waals surface area contributed by atoms with Gasteiger partial charge in [-0.25, -0.2) is 8.78 Å². The minimum atomic E-state index is -1.13. The van der Waals surface area contributed by atoms with Gasteiger partial charge in [-0.05, 0) is 12.1 Å². The minimum absolute atomic E-state index is 0.0980. The number of aliphatic hydroxyl groups excluding tert-OH is 1. The van der Waals surface area contributed by atoms with Crippen molar-refractivity contribution < 1.29 is 23.4 Å². The Kier molecular flexibility index (Phi) is 4.34. The largest absolute Gasteiger partial charge is 0.394 e. The lowest BCUT2D eigenvalue weighted by Gasteiger charge is -2.32. The second-order valence-electron chi connectivity index (χ2n) is 4.17. The second-order valence-corrected chi connectivity index (χ2v) is 4.58. The summed E-state index contributed by atoms with van der Waals surface area (Å²) in [5.41, 5.74) is -0.0980. The third kappa shape index (κ3) is 3.02. The van der Waals surface area contributed by atoms with Crippen LogP contribution in [-0.4, -0.2) is 48.3 Å². The summed E-state index contributed by atoms with van der Waals surface area (Å²) in [5, 5.41) is 8.85. The Labute approximate surface area is 113 Å². The highest BCUT2D eigenvalue weighted by Crippen LogP contribution is 2.22. The molecule has 1 fully saturated rings. The molecule has 1 heterocycles. The van der Waals surface area contributed by atoms with Crippen molar-refractivity contribution >= 4 is 17.5 Å². The van der Waals surface area contributed by atoms with Crippen LogP contribution in [-0.2, 0) is 4.74 Å². The molecule has 19 heavy (non-hydrogen) atoms. The molecule has 2 rings (SSSR count). The average Bonchev–Trinajstić information content (AvgIpc) is 2.42. The van der Waals surface area contributed by atoms with Gasteiger partial charge in [-0.3, -0.25) is 4.79 Å². The zero-order valence-electron chi connectivity index (χ0n) is 9.91. The molecule has 104 valence electrons. The van der Waals surface area contributed by atoms with E-state index < -0.39 is 23.6 Å². The molecule has 0 saturated carbocycles. The first kappa shape index (κ1) is 14.2. The summed E-state index contributed by atoms with van der Waals surface area (Å²) >= 11 is 5.75. The number of nitrogens with zero attached hydrogens (tertiary/aromatic N) is 1. The number of morpholine rings is 1. The molecule has 4 nitrogen and oxygen atoms in total. The van der Waals surface area contributed by atoms with E-state index >= 15 is 0 Å². The number of benzene rings is 1. The molecule has 1 unspecified atom stereocenters. The van der Waals surface area contributed by atoms with E-state index in [4.69, 9.17) is 21.4 Å². The number of hydrogen-bond donors (Lipinski definition) is 1. The Bertz CT molecular complexity index is 498. The van der Waals surface area contributed by atoms with Gasteiger partial charge in [0.1, 0.15) is 0 Å². The lowest BCUT2D eigenvalue weighted by molar-refractivity contribution is -0.0447. The SMILES string of the molecule is O=C(c1cc(F)c(F)cc1Cl)N1CCOC(CO)C1. The Hall–Kier alpha value is -1.24. The maximum Gasteiger partial charge on any atom is 0.255 e. The summed E-state index contributed by atoms with van der Waals surface area (Å²) in [6, 6.07) is 1.55. The Morgan fingerprint density at radius 2 is 2.16 bits per heavy atom. The molecule has 1 saturated heterocycles. The first-order valence-corrected chi connectivity index (χ1v) is 6.07. The van der Waals surface area contributed by atoms with E-state index in [1.165, 1.54) is 4.90 Å². The van der Waals surface area contributed by atoms with Crippen molar-refractivity contribution in [1.82, 2.24) is 4.90 Å². The van der Waals surface area contributed by atoms with Crippen LogP contribution >= 0.6 is 11.6 Å². The summed E-state index contributed by atoms with van der Waals surface area (Å²) in [7, 11) is 0. The van der Waals surface area contributed by atoms with Crippen LogP contribution in [0.5, 0.6) is 0 Å². The predicted molar refractivity (Wildman–Crippen MR) is 64.1 cm³/mol. The fourth-order valence-corrected chi connectivity index (χ4v) is 2.10. The van der Waals surface area contributed by atoms with Crippen LogP contribution in [0.3, 0.4) is 0 Å². The number of hydrogen-bond acceptors (Lipinski definition) is 3. The van der Waals surface area contributed by atoms with E-state index in [0.717, 1.165) is 12.1 Å². The van der Waals surface area contributed by atoms with Crippen LogP contribution in [0.15, 0.2) is 12.1 Å². The highest BCUT2D eigenvalue weighted by molar-refractivity contribution is 6.33. The van der Waals surface area contributed by atoms with E-state index in [9.17, 15) is 13.6 Å². The van der Waals surface area contributed by atoms with Crippen LogP contribution < -0.4 is 0 Å². The fraction of sp³-hybridized carbons (Fsp3) is 0.417. The molecule has 1 amide bonds. The van der Waals surface area contributed by atoms with Gasteiger partial charge in [-0.15, -0.1) is 0 Å². The van der Waals surface area contributed by atoms with E-state index in [1.54, 1.807) is 0 Å². The molecular weight excluding hydrogens is 280 g/mol. The zero-order chi connectivity index (χ0) is 14.0. The molecule has 0 radical (unpaired) electrons. The van der Waals surface area contributed by atoms with Crippen molar-refractivity contribution in [3.63, 3.8) is 0 Å². The van der Waals surface area contributed by atoms with Gasteiger partial charge >= 0.3 is 0 Å². The first-order chi connectivity index (χ1) is 9.02. The van der Waals surface area contributed by atoms with Crippen LogP contribution in [0, 0.1) is 11.6 Å². The molecule has 0 bridgehead atoms. The predicted octanol–water partition coefficient (Wildman–Crippen LogP) is 1.45. The summed E-state index contributed by atoms with van der Waals surface area (Å²) in [6.07, 6.45) is -0.471. The second kappa shape index (κ2) is 5.81. The van der Waals surface area contributed by atoms with Crippen LogP contribution in [0.1, 0.15) is 10.4 Å². The summed E-state index contributed by atoms with van der Waals surface area (Å²) in [5.74, 6) is -2.73. The van der Waals surface area contributed by atoms with E-state index in [2.05, 4.69) is 0 Å². The van der Waals surface area contributed by atoms with Gasteiger partial charge < -0.3 is 14.7 Å². The number of amides is 1. The highest BCUT2D eigenvalue weighted by Gasteiger charge is 2.26. The smallest absolute Gasteiger partial charge is 0.255 e. The maximum absolute atomic E-state index is 13.2. The van der Waals surface area contributed by atoms with Gasteiger partial charge in [-0.2, -0.15) is 0 Å². The van der Waals surface area contributed by atoms with Crippen molar-refractivity contribution in [3.8, 4) is 0 Å². The van der Waals surface area contributed by atoms with Crippen molar-refractivity contribution in [1.29, 1.82) is 0 Å². The molecule has 0 aromatic heterocycles. The van der Waals surface area contributed by atoms with Gasteiger partial charge in [0.15, 0.2) is 11.6 Å². The van der Waals surface area contributed by atoms with Crippen LogP contribution in [0.4, 0.5) is 8.78 Å². The van der Waals surface area contributed by atoms with E-state index in [0.29, 0.717) is 6.54 Å². The van der Waals surface area contributed by atoms with Crippen LogP contribution in [0.25, 0.3) is 0 Å². The van der Waals surface area contributed by atoms with Crippen molar-refractivity contribution in [2.75, 3.05) is 26.3 Å². The molecule has 1 N–H and O–H groups in total. The molecule has 1 aliphatic heterocycles. The normalized spacial score (nSPS) is 19.6. The lowest BCUT2D eigenvalue weighted by atomic mass is 10.1. The number of rotatable bonds is 2. The van der Waals surface area contributed by atoms with Gasteiger partial charge in [0.25, 0.3) is 5.91 Å². The maximum atomic E-state index is 13.2. The molecule has 0 aliphatic carbocycles. The van der Waals surface area contributed by atoms with Gasteiger partial charge in [0.05, 0.1) is 29.9 Å². The number of carbonyl (C=O) groups excluding carboxylic acids is 1. The topological polar surface area (TPSA) is 49.8 Å². The van der Waals surface area contributed by atoms with Crippen LogP contribution in [0.2, 0.25) is 5.02 Å². The van der Waals surface area contributed by atoms with E-state index in [-0.39, 0.29) is 30.3 Å². The average molecular weight is 292 g/mol. The number of halogens is 3. The lowest BCUT2D eigenvalue weighted by Crippen LogP contribution is -2.47. The molecule has 1 aromatic carbocycles. The quantitative estimate of drug-likeness (QED) is 0.839. The van der Waals surface area contributed by atoms with Crippen molar-refractivity contribution in [2.45, 2.75) is 6.10 Å². The molecule has 0 spiro atoms. The Balaban J connectivity index is 2.22. The standard InChI is InChI=1S/C12H12ClF2NO3/c13-9-4-11(15)10(14)3-8(9)12(18)16-1-2-19-7(5-16)6-17/h3-4,7,17H,1-2,5-6H2. The summed E-state index contributed by atoms with van der Waals surface area (Å²) in [4.78, 5) is 13.6. The van der Waals surface area contributed by atoms with Crippen molar-refractivity contribution in [3.05, 3.63) is 34.4 Å². The first-order valence-electron chi connectivity index (χ1n) is 5.69. The van der Waals surface area contributed by atoms with Gasteiger partial charge in [-0.1, -0.05) is 11.6 Å². The summed E-state index contributed by atoms with van der Waals surface area (Å²) < 4.78 is 31.3. The molecule has 1 aromatic rings. The minimum Gasteiger partial charge on any atom is -0.394 e. The van der Waals surface area contributed by atoms with Crippen molar-refractivity contribution in [2.24, 2.45) is 0 Å². The molecule has 1 atom stereocenters. The third-order valence-corrected chi connectivity index (χ3v) is 3.18. The fourth-order valence-electron chi connectivity index (χ4n) is 1.87. The summed E-state index contributed by atoms with van der Waals surface area (Å²) in [6.45, 7) is 0.558. The third-order valence-electron chi connectivity index (χ3n) is 2.87. The zero-order valence-corrected chi connectivity index (χ0v) is 10.7. The van der Waals surface area contributed by atoms with Gasteiger partial charge in [0, 0.05) is 13.1 Å². The number of aliphatic hydroxyl groups is 1. The molecule has 7 heteroatoms. The van der Waals surface area contributed by atoms with Gasteiger partial charge in [0.2, 0.25) is 0 Å². The number of carbonyl (C=O) groups is 1. The van der Waals surface area contributed by atoms with E-state index in [1.807, 2.05) is 0 Å². The Morgan fingerprint density at radius 3 is 2.84 bits per heavy atom. The molecular formula is C12H12ClF2NO3. The Morgan fingerprint density at radius 1 is 1.47 bits per heavy atom. The molecule has 1 aliphatic rings. The number of ether oxygens (including phenoxy) is 1.